The number of hydrogen-bond donors (Lipinski definition) is 2. The maximum Gasteiger partial charge on any atom is 0.115 e. The summed E-state index contributed by atoms with van der Waals surface area (Å²) in [5, 5.41) is 10.0. The van der Waals surface area contributed by atoms with Crippen molar-refractivity contribution in [3.8, 4) is 5.75 Å². The molecule has 0 radical (unpaired) electrons. The third-order valence-corrected chi connectivity index (χ3v) is 2.50. The predicted octanol–water partition coefficient (Wildman–Crippen LogP) is 3.87. The minimum absolute atomic E-state index is 0.329. The molecule has 0 atom stereocenters. The van der Waals surface area contributed by atoms with Crippen molar-refractivity contribution in [2.75, 3.05) is 0 Å². The number of fused-ring (bicyclic) bond motifs is 1. The van der Waals surface area contributed by atoms with E-state index in [0.29, 0.717) is 5.75 Å². The zero-order chi connectivity index (χ0) is 12.1. The van der Waals surface area contributed by atoms with Crippen molar-refractivity contribution in [1.82, 2.24) is 4.98 Å². The molecule has 2 aromatic carbocycles. The average molecular weight is 225 g/mol. The van der Waals surface area contributed by atoms with Gasteiger partial charge < -0.3 is 10.1 Å². The van der Waals surface area contributed by atoms with Crippen LogP contribution in [0.4, 0.5) is 0 Å². The predicted molar refractivity (Wildman–Crippen MR) is 71.1 cm³/mol. The molecule has 2 N–H and O–H groups in total. The highest BCUT2D eigenvalue weighted by molar-refractivity contribution is 5.78. The van der Waals surface area contributed by atoms with Gasteiger partial charge in [0.1, 0.15) is 5.75 Å². The number of aromatic hydroxyl groups is 1. The van der Waals surface area contributed by atoms with Crippen LogP contribution in [-0.2, 0) is 0 Å². The third kappa shape index (κ3) is 3.11. The molecule has 2 nitrogen and oxygen atoms in total. The zero-order valence-electron chi connectivity index (χ0n) is 9.72. The summed E-state index contributed by atoms with van der Waals surface area (Å²) >= 11 is 0. The molecular formula is C15H15NO. The molecule has 0 aliphatic carbocycles. The van der Waals surface area contributed by atoms with Crippen LogP contribution in [-0.4, -0.2) is 10.1 Å². The first-order valence-corrected chi connectivity index (χ1v) is 5.53. The Labute approximate surface area is 101 Å². The molecule has 17 heavy (non-hydrogen) atoms. The van der Waals surface area contributed by atoms with Gasteiger partial charge in [0.05, 0.1) is 0 Å². The summed E-state index contributed by atoms with van der Waals surface area (Å²) in [6, 6.07) is 17.4. The van der Waals surface area contributed by atoms with Gasteiger partial charge in [0.25, 0.3) is 0 Å². The Balaban J connectivity index is 0.000000128. The number of H-pyrrole nitrogens is 1. The fourth-order valence-electron chi connectivity index (χ4n) is 1.54. The molecule has 0 bridgehead atoms. The van der Waals surface area contributed by atoms with Gasteiger partial charge in [0.2, 0.25) is 0 Å². The van der Waals surface area contributed by atoms with Crippen molar-refractivity contribution in [2.45, 2.75) is 6.92 Å². The van der Waals surface area contributed by atoms with Crippen LogP contribution in [0.25, 0.3) is 10.9 Å². The van der Waals surface area contributed by atoms with Gasteiger partial charge >= 0.3 is 0 Å². The van der Waals surface area contributed by atoms with E-state index in [2.05, 4.69) is 23.2 Å². The number of nitrogens with one attached hydrogen (secondary N) is 1. The van der Waals surface area contributed by atoms with Gasteiger partial charge in [0.15, 0.2) is 0 Å². The van der Waals surface area contributed by atoms with Crippen LogP contribution in [0.5, 0.6) is 5.75 Å². The maximum atomic E-state index is 8.76. The molecule has 3 rings (SSSR count). The van der Waals surface area contributed by atoms with Crippen molar-refractivity contribution in [1.29, 1.82) is 0 Å². The number of benzene rings is 2. The fraction of sp³-hybridized carbons (Fsp3) is 0.0667. The zero-order valence-corrected chi connectivity index (χ0v) is 9.72. The molecule has 3 aromatic rings. The Morgan fingerprint density at radius 2 is 1.59 bits per heavy atom. The minimum atomic E-state index is 0.329. The lowest BCUT2D eigenvalue weighted by molar-refractivity contribution is 0.475. The smallest absolute Gasteiger partial charge is 0.115 e. The topological polar surface area (TPSA) is 36.0 Å². The number of hydrogen-bond acceptors (Lipinski definition) is 1. The van der Waals surface area contributed by atoms with Crippen LogP contribution < -0.4 is 0 Å². The van der Waals surface area contributed by atoms with E-state index >= 15 is 0 Å². The summed E-state index contributed by atoms with van der Waals surface area (Å²) in [7, 11) is 0. The van der Waals surface area contributed by atoms with E-state index < -0.39 is 0 Å². The minimum Gasteiger partial charge on any atom is -0.508 e. The van der Waals surface area contributed by atoms with Gasteiger partial charge in [-0.3, -0.25) is 0 Å². The average Bonchev–Trinajstić information content (AvgIpc) is 2.82. The van der Waals surface area contributed by atoms with Crippen molar-refractivity contribution in [3.63, 3.8) is 0 Å². The number of phenolic OH excluding ortho intramolecular Hbond substituents is 1. The molecule has 0 spiro atoms. The lowest BCUT2D eigenvalue weighted by Gasteiger charge is -1.89. The highest BCUT2D eigenvalue weighted by atomic mass is 16.3. The molecule has 0 saturated carbocycles. The molecule has 0 saturated heterocycles. The SMILES string of the molecule is Cc1ccc(O)cc1.c1ccc2[nH]ccc2c1. The van der Waals surface area contributed by atoms with E-state index in [9.17, 15) is 0 Å². The number of phenols is 1. The standard InChI is InChI=1S/C8H7N.C7H8O/c1-2-4-8-7(3-1)5-6-9-8;1-6-2-4-7(8)5-3-6/h1-6,9H;2-5,8H,1H3. The fourth-order valence-corrected chi connectivity index (χ4v) is 1.54. The lowest BCUT2D eigenvalue weighted by Crippen LogP contribution is -1.66. The Kier molecular flexibility index (Phi) is 3.46. The Hall–Kier alpha value is -2.22. The summed E-state index contributed by atoms with van der Waals surface area (Å²) in [6.45, 7) is 1.99. The molecule has 0 aliphatic rings. The van der Waals surface area contributed by atoms with Gasteiger partial charge in [-0.15, -0.1) is 0 Å². The first-order valence-electron chi connectivity index (χ1n) is 5.53. The van der Waals surface area contributed by atoms with E-state index in [1.807, 2.05) is 37.4 Å². The summed E-state index contributed by atoms with van der Waals surface area (Å²) in [4.78, 5) is 3.12. The second kappa shape index (κ2) is 5.21. The van der Waals surface area contributed by atoms with Crippen LogP contribution in [0.1, 0.15) is 5.56 Å². The molecule has 0 fully saturated rings. The maximum absolute atomic E-state index is 8.76. The number of rotatable bonds is 0. The molecular weight excluding hydrogens is 210 g/mol. The molecule has 1 aromatic heterocycles. The highest BCUT2D eigenvalue weighted by Gasteiger charge is 1.86. The normalized spacial score (nSPS) is 9.71. The van der Waals surface area contributed by atoms with Crippen LogP contribution in [0, 0.1) is 6.92 Å². The molecule has 1 heterocycles. The van der Waals surface area contributed by atoms with Gasteiger partial charge in [-0.1, -0.05) is 35.9 Å². The van der Waals surface area contributed by atoms with Gasteiger partial charge in [-0.2, -0.15) is 0 Å². The van der Waals surface area contributed by atoms with E-state index in [1.54, 1.807) is 12.1 Å². The Bertz CT molecular complexity index is 530. The largest absolute Gasteiger partial charge is 0.508 e. The Morgan fingerprint density at radius 1 is 0.882 bits per heavy atom. The molecule has 0 aliphatic heterocycles. The van der Waals surface area contributed by atoms with E-state index in [0.717, 1.165) is 0 Å². The van der Waals surface area contributed by atoms with E-state index in [1.165, 1.54) is 16.5 Å². The number of aromatic amines is 1. The van der Waals surface area contributed by atoms with E-state index in [4.69, 9.17) is 5.11 Å². The van der Waals surface area contributed by atoms with Crippen molar-refractivity contribution in [2.24, 2.45) is 0 Å². The quantitative estimate of drug-likeness (QED) is 0.598. The van der Waals surface area contributed by atoms with Crippen LogP contribution >= 0.6 is 0 Å². The van der Waals surface area contributed by atoms with Crippen LogP contribution in [0.2, 0.25) is 0 Å². The summed E-state index contributed by atoms with van der Waals surface area (Å²) in [6.07, 6.45) is 1.95. The molecule has 86 valence electrons. The first kappa shape index (κ1) is 11.3. The first-order chi connectivity index (χ1) is 8.25. The molecule has 2 heteroatoms. The van der Waals surface area contributed by atoms with Crippen LogP contribution in [0.15, 0.2) is 60.8 Å². The third-order valence-electron chi connectivity index (χ3n) is 2.50. The lowest BCUT2D eigenvalue weighted by atomic mass is 10.2. The summed E-state index contributed by atoms with van der Waals surface area (Å²) in [5.41, 5.74) is 2.38. The second-order valence-electron chi connectivity index (χ2n) is 3.90. The monoisotopic (exact) mass is 225 g/mol. The van der Waals surface area contributed by atoms with Crippen LogP contribution in [0.3, 0.4) is 0 Å². The second-order valence-corrected chi connectivity index (χ2v) is 3.90. The Morgan fingerprint density at radius 3 is 2.24 bits per heavy atom. The van der Waals surface area contributed by atoms with E-state index in [-0.39, 0.29) is 0 Å². The number of para-hydroxylation sites is 1. The van der Waals surface area contributed by atoms with Gasteiger partial charge in [-0.05, 0) is 36.6 Å². The van der Waals surface area contributed by atoms with Gasteiger partial charge in [-0.25, -0.2) is 0 Å². The number of aryl methyl sites for hydroxylation is 1. The summed E-state index contributed by atoms with van der Waals surface area (Å²) < 4.78 is 0. The van der Waals surface area contributed by atoms with Crippen molar-refractivity contribution >= 4 is 10.9 Å². The highest BCUT2D eigenvalue weighted by Crippen LogP contribution is 2.09. The summed E-state index contributed by atoms with van der Waals surface area (Å²) in [5.74, 6) is 0.329. The molecule has 0 unspecified atom stereocenters. The number of aromatic nitrogens is 1. The van der Waals surface area contributed by atoms with Gasteiger partial charge in [0, 0.05) is 11.7 Å². The van der Waals surface area contributed by atoms with Crippen molar-refractivity contribution in [3.05, 3.63) is 66.4 Å². The molecule has 0 amide bonds. The van der Waals surface area contributed by atoms with Crippen molar-refractivity contribution < 1.29 is 5.11 Å².